The topological polar surface area (TPSA) is 53.0 Å². The lowest BCUT2D eigenvalue weighted by atomic mass is 10.2. The number of aromatic nitrogens is 1. The molecule has 1 aliphatic rings. The molecule has 1 unspecified atom stereocenters. The number of thiazole rings is 1. The van der Waals surface area contributed by atoms with Crippen LogP contribution < -0.4 is 10.1 Å². The molecule has 164 valence electrons. The van der Waals surface area contributed by atoms with Gasteiger partial charge in [-0.2, -0.15) is 13.2 Å². The Bertz CT molecular complexity index is 845. The molecule has 30 heavy (non-hydrogen) atoms. The Hall–Kier alpha value is -2.33. The highest BCUT2D eigenvalue weighted by Crippen LogP contribution is 2.26. The van der Waals surface area contributed by atoms with Gasteiger partial charge in [0.1, 0.15) is 16.8 Å². The van der Waals surface area contributed by atoms with Gasteiger partial charge in [-0.15, -0.1) is 11.3 Å². The van der Waals surface area contributed by atoms with E-state index in [0.717, 1.165) is 22.0 Å². The number of ether oxygens (including phenoxy) is 1. The molecule has 1 saturated heterocycles. The monoisotopic (exact) mass is 441 g/mol. The van der Waals surface area contributed by atoms with Crippen LogP contribution in [0.1, 0.15) is 12.6 Å². The van der Waals surface area contributed by atoms with Crippen LogP contribution in [0.25, 0.3) is 10.6 Å². The SMILES string of the molecule is CN=C(NCc1csc(-c2ccc(OC)cc2)n1)N1CCN(C(C)C(F)(F)F)CC1. The first-order chi connectivity index (χ1) is 14.3. The Kier molecular flexibility index (Phi) is 7.19. The standard InChI is InChI=1S/C20H26F3N5OS/c1-14(20(21,22)23)27-8-10-28(11-9-27)19(24-2)25-12-16-13-30-18(26-16)15-4-6-17(29-3)7-5-15/h4-7,13-14H,8-12H2,1-3H3,(H,24,25). The molecule has 2 aromatic rings. The number of piperazine rings is 1. The van der Waals surface area contributed by atoms with Crippen LogP contribution in [0.2, 0.25) is 0 Å². The van der Waals surface area contributed by atoms with E-state index in [1.807, 2.05) is 34.5 Å². The van der Waals surface area contributed by atoms with E-state index in [2.05, 4.69) is 15.3 Å². The fourth-order valence-electron chi connectivity index (χ4n) is 3.28. The molecule has 0 bridgehead atoms. The molecule has 0 spiro atoms. The number of methoxy groups -OCH3 is 1. The fourth-order valence-corrected chi connectivity index (χ4v) is 4.11. The van der Waals surface area contributed by atoms with Crippen molar-refractivity contribution in [3.05, 3.63) is 35.3 Å². The zero-order valence-corrected chi connectivity index (χ0v) is 18.1. The molecular formula is C20H26F3N5OS. The van der Waals surface area contributed by atoms with E-state index in [1.54, 1.807) is 25.5 Å². The van der Waals surface area contributed by atoms with Crippen LogP contribution in [0.15, 0.2) is 34.6 Å². The van der Waals surface area contributed by atoms with Crippen LogP contribution in [-0.4, -0.2) is 73.3 Å². The van der Waals surface area contributed by atoms with E-state index >= 15 is 0 Å². The summed E-state index contributed by atoms with van der Waals surface area (Å²) in [4.78, 5) is 12.4. The van der Waals surface area contributed by atoms with Crippen LogP contribution in [-0.2, 0) is 6.54 Å². The van der Waals surface area contributed by atoms with Crippen molar-refractivity contribution in [3.63, 3.8) is 0 Å². The average molecular weight is 442 g/mol. The Labute approximate surface area is 178 Å². The van der Waals surface area contributed by atoms with Crippen LogP contribution in [0.4, 0.5) is 13.2 Å². The lowest BCUT2D eigenvalue weighted by molar-refractivity contribution is -0.181. The van der Waals surface area contributed by atoms with Gasteiger partial charge in [0.15, 0.2) is 5.96 Å². The quantitative estimate of drug-likeness (QED) is 0.569. The Morgan fingerprint density at radius 2 is 1.90 bits per heavy atom. The van der Waals surface area contributed by atoms with E-state index in [1.165, 1.54) is 11.8 Å². The van der Waals surface area contributed by atoms with Gasteiger partial charge in [0.25, 0.3) is 0 Å². The van der Waals surface area contributed by atoms with Crippen molar-refractivity contribution in [2.24, 2.45) is 4.99 Å². The normalized spacial score (nSPS) is 17.1. The second kappa shape index (κ2) is 9.65. The lowest BCUT2D eigenvalue weighted by Gasteiger charge is -2.39. The van der Waals surface area contributed by atoms with Crippen molar-refractivity contribution < 1.29 is 17.9 Å². The lowest BCUT2D eigenvalue weighted by Crippen LogP contribution is -2.56. The summed E-state index contributed by atoms with van der Waals surface area (Å²) in [6, 6.07) is 6.30. The Balaban J connectivity index is 1.53. The molecule has 3 rings (SSSR count). The number of halogens is 3. The molecule has 1 aromatic carbocycles. The number of hydrogen-bond donors (Lipinski definition) is 1. The Morgan fingerprint density at radius 3 is 2.47 bits per heavy atom. The van der Waals surface area contributed by atoms with Crippen LogP contribution in [0, 0.1) is 0 Å². The highest BCUT2D eigenvalue weighted by Gasteiger charge is 2.41. The summed E-state index contributed by atoms with van der Waals surface area (Å²) in [7, 11) is 3.31. The smallest absolute Gasteiger partial charge is 0.403 e. The second-order valence-electron chi connectivity index (χ2n) is 7.01. The summed E-state index contributed by atoms with van der Waals surface area (Å²) in [5, 5.41) is 6.18. The number of benzene rings is 1. The highest BCUT2D eigenvalue weighted by molar-refractivity contribution is 7.13. The van der Waals surface area contributed by atoms with Gasteiger partial charge in [-0.1, -0.05) is 0 Å². The van der Waals surface area contributed by atoms with E-state index in [-0.39, 0.29) is 0 Å². The molecular weight excluding hydrogens is 415 g/mol. The van der Waals surface area contributed by atoms with Crippen molar-refractivity contribution >= 4 is 17.3 Å². The van der Waals surface area contributed by atoms with Crippen molar-refractivity contribution in [2.45, 2.75) is 25.7 Å². The van der Waals surface area contributed by atoms with Gasteiger partial charge < -0.3 is 15.0 Å². The minimum absolute atomic E-state index is 0.347. The molecule has 1 N–H and O–H groups in total. The molecule has 1 fully saturated rings. The first kappa shape index (κ1) is 22.4. The molecule has 6 nitrogen and oxygen atoms in total. The van der Waals surface area contributed by atoms with E-state index in [9.17, 15) is 13.2 Å². The van der Waals surface area contributed by atoms with E-state index in [0.29, 0.717) is 38.7 Å². The largest absolute Gasteiger partial charge is 0.497 e. The molecule has 1 aromatic heterocycles. The van der Waals surface area contributed by atoms with Crippen molar-refractivity contribution in [3.8, 4) is 16.3 Å². The summed E-state index contributed by atoms with van der Waals surface area (Å²) in [5.74, 6) is 1.47. The first-order valence-electron chi connectivity index (χ1n) is 9.67. The molecule has 2 heterocycles. The van der Waals surface area contributed by atoms with Gasteiger partial charge in [0.05, 0.1) is 19.3 Å². The third-order valence-corrected chi connectivity index (χ3v) is 6.10. The van der Waals surface area contributed by atoms with Gasteiger partial charge in [0.2, 0.25) is 0 Å². The zero-order valence-electron chi connectivity index (χ0n) is 17.2. The molecule has 0 saturated carbocycles. The third-order valence-electron chi connectivity index (χ3n) is 5.16. The van der Waals surface area contributed by atoms with Gasteiger partial charge >= 0.3 is 6.18 Å². The fraction of sp³-hybridized carbons (Fsp3) is 0.500. The third kappa shape index (κ3) is 5.42. The number of alkyl halides is 3. The second-order valence-corrected chi connectivity index (χ2v) is 7.87. The summed E-state index contributed by atoms with van der Waals surface area (Å²) in [6.45, 7) is 3.39. The molecule has 1 atom stereocenters. The summed E-state index contributed by atoms with van der Waals surface area (Å²) in [6.07, 6.45) is -4.20. The summed E-state index contributed by atoms with van der Waals surface area (Å²) >= 11 is 1.56. The molecule has 0 radical (unpaired) electrons. The zero-order chi connectivity index (χ0) is 21.7. The van der Waals surface area contributed by atoms with E-state index in [4.69, 9.17) is 4.74 Å². The van der Waals surface area contributed by atoms with Gasteiger partial charge in [-0.05, 0) is 31.2 Å². The molecule has 0 amide bonds. The minimum Gasteiger partial charge on any atom is -0.497 e. The van der Waals surface area contributed by atoms with E-state index < -0.39 is 12.2 Å². The predicted octanol–water partition coefficient (Wildman–Crippen LogP) is 3.46. The Morgan fingerprint density at radius 1 is 1.23 bits per heavy atom. The maximum Gasteiger partial charge on any atom is 0.403 e. The molecule has 0 aliphatic carbocycles. The average Bonchev–Trinajstić information content (AvgIpc) is 3.22. The maximum atomic E-state index is 12.9. The first-order valence-corrected chi connectivity index (χ1v) is 10.5. The van der Waals surface area contributed by atoms with Crippen molar-refractivity contribution in [1.82, 2.24) is 20.1 Å². The number of rotatable bonds is 5. The number of nitrogens with one attached hydrogen (secondary N) is 1. The van der Waals surface area contributed by atoms with Gasteiger partial charge in [0, 0.05) is 44.2 Å². The van der Waals surface area contributed by atoms with Crippen molar-refractivity contribution in [1.29, 1.82) is 0 Å². The number of nitrogens with zero attached hydrogens (tertiary/aromatic N) is 4. The van der Waals surface area contributed by atoms with Crippen LogP contribution in [0.3, 0.4) is 0 Å². The van der Waals surface area contributed by atoms with Gasteiger partial charge in [-0.25, -0.2) is 4.98 Å². The maximum absolute atomic E-state index is 12.9. The highest BCUT2D eigenvalue weighted by atomic mass is 32.1. The summed E-state index contributed by atoms with van der Waals surface area (Å²) < 4.78 is 43.9. The van der Waals surface area contributed by atoms with Crippen molar-refractivity contribution in [2.75, 3.05) is 40.3 Å². The van der Waals surface area contributed by atoms with Crippen LogP contribution in [0.5, 0.6) is 5.75 Å². The minimum atomic E-state index is -4.20. The molecule has 1 aliphatic heterocycles. The van der Waals surface area contributed by atoms with Gasteiger partial charge in [-0.3, -0.25) is 9.89 Å². The number of aliphatic imine (C=N–C) groups is 1. The number of guanidine groups is 1. The van der Waals surface area contributed by atoms with Crippen LogP contribution >= 0.6 is 11.3 Å². The molecule has 10 heteroatoms. The number of hydrogen-bond acceptors (Lipinski definition) is 5. The summed E-state index contributed by atoms with van der Waals surface area (Å²) in [5.41, 5.74) is 1.91. The predicted molar refractivity (Wildman–Crippen MR) is 113 cm³/mol.